The van der Waals surface area contributed by atoms with Crippen LogP contribution in [0.2, 0.25) is 0 Å². The van der Waals surface area contributed by atoms with E-state index in [0.29, 0.717) is 17.4 Å². The van der Waals surface area contributed by atoms with Crippen molar-refractivity contribution in [3.8, 4) is 0 Å². The van der Waals surface area contributed by atoms with Gasteiger partial charge in [0.1, 0.15) is 0 Å². The van der Waals surface area contributed by atoms with E-state index in [0.717, 1.165) is 13.0 Å². The van der Waals surface area contributed by atoms with Crippen molar-refractivity contribution in [1.82, 2.24) is 0 Å². The molecule has 0 amide bonds. The van der Waals surface area contributed by atoms with Crippen molar-refractivity contribution in [3.05, 3.63) is 10.4 Å². The Morgan fingerprint density at radius 2 is 2.21 bits per heavy atom. The molecule has 1 saturated carbocycles. The lowest BCUT2D eigenvalue weighted by molar-refractivity contribution is -0.0662. The molecule has 2 rings (SSSR count). The predicted molar refractivity (Wildman–Crippen MR) is 53.8 cm³/mol. The summed E-state index contributed by atoms with van der Waals surface area (Å²) >= 11 is 0. The third kappa shape index (κ3) is 1.49. The number of hydrogen-bond acceptors (Lipinski definition) is 2. The van der Waals surface area contributed by atoms with Crippen LogP contribution in [-0.4, -0.2) is 19.3 Å². The molecule has 78 valence electrons. The van der Waals surface area contributed by atoms with Crippen molar-refractivity contribution in [2.75, 3.05) is 13.2 Å². The van der Waals surface area contributed by atoms with Gasteiger partial charge in [-0.3, -0.25) is 0 Å². The van der Waals surface area contributed by atoms with Gasteiger partial charge in [0.2, 0.25) is 0 Å². The lowest BCUT2D eigenvalue weighted by Gasteiger charge is -2.53. The van der Waals surface area contributed by atoms with Crippen LogP contribution in [0.3, 0.4) is 0 Å². The van der Waals surface area contributed by atoms with Crippen molar-refractivity contribution >= 4 is 0 Å². The van der Waals surface area contributed by atoms with Crippen LogP contribution in [0.1, 0.15) is 33.1 Å². The summed E-state index contributed by atoms with van der Waals surface area (Å²) in [7, 11) is 0. The standard InChI is InChI=1S/C10H17N3O/c1-9(2)6-10(7-9)3-4-14-8(10)5-12-13-11/h8H,3-7H2,1-2H3. The van der Waals surface area contributed by atoms with Crippen LogP contribution in [0.25, 0.3) is 10.4 Å². The maximum absolute atomic E-state index is 8.29. The Bertz CT molecular complexity index is 273. The summed E-state index contributed by atoms with van der Waals surface area (Å²) in [6.07, 6.45) is 3.74. The normalized spacial score (nSPS) is 32.3. The summed E-state index contributed by atoms with van der Waals surface area (Å²) < 4.78 is 5.64. The quantitative estimate of drug-likeness (QED) is 0.379. The maximum Gasteiger partial charge on any atom is 0.0688 e. The average molecular weight is 195 g/mol. The molecule has 1 aliphatic heterocycles. The highest BCUT2D eigenvalue weighted by Crippen LogP contribution is 2.60. The van der Waals surface area contributed by atoms with Crippen molar-refractivity contribution in [3.63, 3.8) is 0 Å². The lowest BCUT2D eigenvalue weighted by Crippen LogP contribution is -2.49. The van der Waals surface area contributed by atoms with Crippen LogP contribution >= 0.6 is 0 Å². The Kier molecular flexibility index (Phi) is 2.20. The topological polar surface area (TPSA) is 58.0 Å². The Morgan fingerprint density at radius 3 is 2.79 bits per heavy atom. The molecular weight excluding hydrogens is 178 g/mol. The first-order valence-corrected chi connectivity index (χ1v) is 5.21. The monoisotopic (exact) mass is 195 g/mol. The molecule has 1 heterocycles. The van der Waals surface area contributed by atoms with Crippen molar-refractivity contribution in [2.45, 2.75) is 39.2 Å². The molecule has 1 saturated heterocycles. The van der Waals surface area contributed by atoms with E-state index in [1.165, 1.54) is 12.8 Å². The molecule has 2 fully saturated rings. The number of ether oxygens (including phenoxy) is 1. The molecule has 0 aromatic rings. The lowest BCUT2D eigenvalue weighted by atomic mass is 9.52. The summed E-state index contributed by atoms with van der Waals surface area (Å²) in [4.78, 5) is 2.80. The van der Waals surface area contributed by atoms with E-state index in [9.17, 15) is 0 Å². The van der Waals surface area contributed by atoms with Gasteiger partial charge in [0, 0.05) is 11.5 Å². The second kappa shape index (κ2) is 3.14. The molecule has 0 bridgehead atoms. The van der Waals surface area contributed by atoms with Crippen LogP contribution in [0.4, 0.5) is 0 Å². The zero-order valence-electron chi connectivity index (χ0n) is 8.86. The summed E-state index contributed by atoms with van der Waals surface area (Å²) in [5, 5.41) is 3.63. The first-order valence-electron chi connectivity index (χ1n) is 5.21. The summed E-state index contributed by atoms with van der Waals surface area (Å²) in [5.41, 5.74) is 9.08. The van der Waals surface area contributed by atoms with Gasteiger partial charge in [-0.1, -0.05) is 19.0 Å². The molecule has 1 spiro atoms. The molecule has 0 radical (unpaired) electrons. The minimum Gasteiger partial charge on any atom is -0.377 e. The van der Waals surface area contributed by atoms with E-state index >= 15 is 0 Å². The number of nitrogens with zero attached hydrogens (tertiary/aromatic N) is 3. The molecule has 0 aromatic heterocycles. The molecular formula is C10H17N3O. The minimum atomic E-state index is 0.173. The van der Waals surface area contributed by atoms with Crippen molar-refractivity contribution in [1.29, 1.82) is 0 Å². The van der Waals surface area contributed by atoms with Crippen molar-refractivity contribution in [2.24, 2.45) is 15.9 Å². The summed E-state index contributed by atoms with van der Waals surface area (Å²) in [6, 6.07) is 0. The van der Waals surface area contributed by atoms with Crippen LogP contribution in [-0.2, 0) is 4.74 Å². The second-order valence-corrected chi connectivity index (χ2v) is 5.40. The van der Waals surface area contributed by atoms with Gasteiger partial charge < -0.3 is 4.74 Å². The van der Waals surface area contributed by atoms with Crippen LogP contribution < -0.4 is 0 Å². The largest absolute Gasteiger partial charge is 0.377 e. The maximum atomic E-state index is 8.29. The third-order valence-corrected chi connectivity index (χ3v) is 3.57. The van der Waals surface area contributed by atoms with Gasteiger partial charge in [0.05, 0.1) is 12.6 Å². The van der Waals surface area contributed by atoms with Gasteiger partial charge in [0.15, 0.2) is 0 Å². The Morgan fingerprint density at radius 1 is 1.50 bits per heavy atom. The molecule has 4 heteroatoms. The van der Waals surface area contributed by atoms with E-state index < -0.39 is 0 Å². The molecule has 14 heavy (non-hydrogen) atoms. The number of rotatable bonds is 2. The van der Waals surface area contributed by atoms with Gasteiger partial charge in [-0.15, -0.1) is 0 Å². The van der Waals surface area contributed by atoms with Gasteiger partial charge in [0.25, 0.3) is 0 Å². The van der Waals surface area contributed by atoms with Gasteiger partial charge in [-0.05, 0) is 35.6 Å². The van der Waals surface area contributed by atoms with E-state index in [1.807, 2.05) is 0 Å². The fourth-order valence-corrected chi connectivity index (χ4v) is 3.36. The Balaban J connectivity index is 2.01. The zero-order chi connectivity index (χ0) is 10.2. The number of hydrogen-bond donors (Lipinski definition) is 0. The summed E-state index contributed by atoms with van der Waals surface area (Å²) in [6.45, 7) is 5.93. The molecule has 1 aliphatic carbocycles. The Hall–Kier alpha value is -0.730. The van der Waals surface area contributed by atoms with Gasteiger partial charge in [-0.2, -0.15) is 0 Å². The molecule has 4 nitrogen and oxygen atoms in total. The fourth-order valence-electron chi connectivity index (χ4n) is 3.36. The highest BCUT2D eigenvalue weighted by molar-refractivity contribution is 5.06. The number of azide groups is 1. The van der Waals surface area contributed by atoms with E-state index in [2.05, 4.69) is 23.9 Å². The van der Waals surface area contributed by atoms with E-state index in [4.69, 9.17) is 10.3 Å². The minimum absolute atomic E-state index is 0.173. The zero-order valence-corrected chi connectivity index (χ0v) is 8.86. The molecule has 2 aliphatic rings. The van der Waals surface area contributed by atoms with E-state index in [1.54, 1.807) is 0 Å². The first-order chi connectivity index (χ1) is 6.58. The SMILES string of the molecule is CC1(C)CC2(CCOC2CN=[N+]=[N-])C1. The van der Waals surface area contributed by atoms with Crippen LogP contribution in [0.5, 0.6) is 0 Å². The average Bonchev–Trinajstić information content (AvgIpc) is 2.42. The van der Waals surface area contributed by atoms with E-state index in [-0.39, 0.29) is 6.10 Å². The van der Waals surface area contributed by atoms with Crippen LogP contribution in [0.15, 0.2) is 5.11 Å². The highest BCUT2D eigenvalue weighted by atomic mass is 16.5. The van der Waals surface area contributed by atoms with Crippen molar-refractivity contribution < 1.29 is 4.74 Å². The first kappa shape index (κ1) is 9.81. The summed E-state index contributed by atoms with van der Waals surface area (Å²) in [5.74, 6) is 0. The second-order valence-electron chi connectivity index (χ2n) is 5.40. The van der Waals surface area contributed by atoms with Gasteiger partial charge >= 0.3 is 0 Å². The van der Waals surface area contributed by atoms with Gasteiger partial charge in [-0.25, -0.2) is 0 Å². The highest BCUT2D eigenvalue weighted by Gasteiger charge is 2.55. The third-order valence-electron chi connectivity index (χ3n) is 3.57. The van der Waals surface area contributed by atoms with Crippen LogP contribution in [0, 0.1) is 10.8 Å². The fraction of sp³-hybridized carbons (Fsp3) is 1.00. The Labute approximate surface area is 84.3 Å². The molecule has 0 aromatic carbocycles. The molecule has 0 N–H and O–H groups in total. The molecule has 1 atom stereocenters. The predicted octanol–water partition coefficient (Wildman–Crippen LogP) is 2.89. The molecule has 1 unspecified atom stereocenters. The smallest absolute Gasteiger partial charge is 0.0688 e.